The number of benzene rings is 1. The molecule has 0 aliphatic carbocycles. The zero-order valence-corrected chi connectivity index (χ0v) is 23.1. The molecule has 3 aromatic rings. The molecule has 3 amide bonds. The number of fused-ring (bicyclic) bond motifs is 1. The summed E-state index contributed by atoms with van der Waals surface area (Å²) in [6.45, 7) is 0.292. The maximum absolute atomic E-state index is 13.5. The molecule has 7 N–H and O–H groups in total. The van der Waals surface area contributed by atoms with E-state index >= 15 is 0 Å². The summed E-state index contributed by atoms with van der Waals surface area (Å²) in [6, 6.07) is 3.91. The third kappa shape index (κ3) is 7.02. The van der Waals surface area contributed by atoms with Gasteiger partial charge in [0.2, 0.25) is 17.7 Å². The molecule has 4 atom stereocenters. The molecule has 0 bridgehead atoms. The number of carboxylic acid groups (broad SMARTS) is 1. The van der Waals surface area contributed by atoms with Crippen molar-refractivity contribution in [2.45, 2.75) is 56.3 Å². The molecule has 40 heavy (non-hydrogen) atoms. The van der Waals surface area contributed by atoms with E-state index in [4.69, 9.17) is 5.73 Å². The number of hydrogen-bond donors (Lipinski definition) is 6. The predicted molar refractivity (Wildman–Crippen MR) is 152 cm³/mol. The van der Waals surface area contributed by atoms with Crippen molar-refractivity contribution >= 4 is 46.4 Å². The molecule has 1 aliphatic heterocycles. The van der Waals surface area contributed by atoms with Gasteiger partial charge in [-0.2, -0.15) is 11.8 Å². The second-order valence-electron chi connectivity index (χ2n) is 9.88. The third-order valence-electron chi connectivity index (χ3n) is 7.11. The first-order valence-corrected chi connectivity index (χ1v) is 14.6. The molecular weight excluding hydrogens is 534 g/mol. The number of aliphatic carboxylic acids is 1. The van der Waals surface area contributed by atoms with Crippen molar-refractivity contribution in [2.24, 2.45) is 5.73 Å². The maximum Gasteiger partial charge on any atom is 0.326 e. The first kappa shape index (κ1) is 29.2. The number of imidazole rings is 1. The average molecular weight is 570 g/mol. The molecule has 1 aromatic carbocycles. The highest BCUT2D eigenvalue weighted by Gasteiger charge is 2.38. The van der Waals surface area contributed by atoms with Crippen LogP contribution in [0.5, 0.6) is 0 Å². The lowest BCUT2D eigenvalue weighted by Crippen LogP contribution is -2.58. The first-order valence-electron chi connectivity index (χ1n) is 13.2. The lowest BCUT2D eigenvalue weighted by atomic mass is 10.0. The monoisotopic (exact) mass is 569 g/mol. The molecule has 1 aliphatic rings. The van der Waals surface area contributed by atoms with Crippen LogP contribution in [-0.4, -0.2) is 91.4 Å². The van der Waals surface area contributed by atoms with Gasteiger partial charge in [-0.25, -0.2) is 9.78 Å². The molecule has 214 valence electrons. The van der Waals surface area contributed by atoms with Crippen molar-refractivity contribution in [2.75, 3.05) is 18.6 Å². The van der Waals surface area contributed by atoms with Gasteiger partial charge < -0.3 is 36.3 Å². The zero-order chi connectivity index (χ0) is 28.6. The van der Waals surface area contributed by atoms with Gasteiger partial charge >= 0.3 is 5.97 Å². The zero-order valence-electron chi connectivity index (χ0n) is 22.3. The van der Waals surface area contributed by atoms with Crippen LogP contribution in [0.1, 0.15) is 30.5 Å². The molecule has 13 heteroatoms. The van der Waals surface area contributed by atoms with Crippen molar-refractivity contribution in [3.63, 3.8) is 0 Å². The Balaban J connectivity index is 1.46. The Kier molecular flexibility index (Phi) is 9.83. The van der Waals surface area contributed by atoms with Gasteiger partial charge in [-0.3, -0.25) is 14.4 Å². The number of thioether (sulfide) groups is 1. The van der Waals surface area contributed by atoms with E-state index in [0.717, 1.165) is 16.5 Å². The highest BCUT2D eigenvalue weighted by atomic mass is 32.2. The number of nitrogens with two attached hydrogens (primary N) is 1. The largest absolute Gasteiger partial charge is 0.480 e. The Labute approximate surface area is 235 Å². The maximum atomic E-state index is 13.5. The van der Waals surface area contributed by atoms with E-state index in [2.05, 4.69) is 25.6 Å². The smallest absolute Gasteiger partial charge is 0.326 e. The van der Waals surface area contributed by atoms with E-state index in [1.807, 2.05) is 36.7 Å². The van der Waals surface area contributed by atoms with Crippen LogP contribution in [0.2, 0.25) is 0 Å². The van der Waals surface area contributed by atoms with Crippen molar-refractivity contribution in [3.05, 3.63) is 54.2 Å². The molecule has 1 saturated heterocycles. The molecule has 1 fully saturated rings. The summed E-state index contributed by atoms with van der Waals surface area (Å²) < 4.78 is 0. The lowest BCUT2D eigenvalue weighted by Gasteiger charge is -2.28. The van der Waals surface area contributed by atoms with Gasteiger partial charge in [-0.15, -0.1) is 0 Å². The highest BCUT2D eigenvalue weighted by Crippen LogP contribution is 2.20. The number of rotatable bonds is 13. The Morgan fingerprint density at radius 1 is 1.15 bits per heavy atom. The van der Waals surface area contributed by atoms with Crippen LogP contribution < -0.4 is 16.4 Å². The summed E-state index contributed by atoms with van der Waals surface area (Å²) in [5.74, 6) is -1.99. The van der Waals surface area contributed by atoms with Crippen LogP contribution in [0.15, 0.2) is 43.0 Å². The Morgan fingerprint density at radius 2 is 1.93 bits per heavy atom. The summed E-state index contributed by atoms with van der Waals surface area (Å²) in [5.41, 5.74) is 8.70. The van der Waals surface area contributed by atoms with Crippen molar-refractivity contribution < 1.29 is 24.3 Å². The summed E-state index contributed by atoms with van der Waals surface area (Å²) in [7, 11) is 0. The van der Waals surface area contributed by atoms with Gasteiger partial charge in [-0.1, -0.05) is 18.2 Å². The lowest BCUT2D eigenvalue weighted by molar-refractivity contribution is -0.149. The minimum Gasteiger partial charge on any atom is -0.480 e. The average Bonchev–Trinajstić information content (AvgIpc) is 3.72. The number of nitrogens with zero attached hydrogens (tertiary/aromatic N) is 2. The highest BCUT2D eigenvalue weighted by molar-refractivity contribution is 7.98. The fourth-order valence-corrected chi connectivity index (χ4v) is 5.46. The third-order valence-corrected chi connectivity index (χ3v) is 7.75. The number of likely N-dealkylation sites (tertiary alicyclic amines) is 1. The minimum atomic E-state index is -1.08. The molecule has 3 heterocycles. The number of amides is 3. The number of H-pyrrole nitrogens is 2. The van der Waals surface area contributed by atoms with Crippen LogP contribution in [0.4, 0.5) is 0 Å². The summed E-state index contributed by atoms with van der Waals surface area (Å²) in [4.78, 5) is 63.1. The molecule has 4 unspecified atom stereocenters. The Bertz CT molecular complexity index is 1330. The van der Waals surface area contributed by atoms with E-state index < -0.39 is 47.9 Å². The van der Waals surface area contributed by atoms with Gasteiger partial charge in [0.1, 0.15) is 18.1 Å². The van der Waals surface area contributed by atoms with Gasteiger partial charge in [-0.05, 0) is 49.3 Å². The topological polar surface area (TPSA) is 186 Å². The second kappa shape index (κ2) is 13.5. The SMILES string of the molecule is CSCCC(NC(=O)C(N)Cc1c[nH]c2ccccc12)C(=O)NC(Cc1cnc[nH]1)C(=O)N1CCCC1C(=O)O. The quantitative estimate of drug-likeness (QED) is 0.174. The fourth-order valence-electron chi connectivity index (χ4n) is 4.99. The Morgan fingerprint density at radius 3 is 2.65 bits per heavy atom. The summed E-state index contributed by atoms with van der Waals surface area (Å²) in [5, 5.41) is 16.1. The molecule has 12 nitrogen and oxygen atoms in total. The normalized spacial score (nSPS) is 17.4. The number of aromatic amines is 2. The first-order chi connectivity index (χ1) is 19.3. The molecule has 2 aromatic heterocycles. The predicted octanol–water partition coefficient (Wildman–Crippen LogP) is 0.802. The van der Waals surface area contributed by atoms with E-state index in [1.54, 1.807) is 6.20 Å². The van der Waals surface area contributed by atoms with Crippen LogP contribution in [-0.2, 0) is 32.0 Å². The van der Waals surface area contributed by atoms with Gasteiger partial charge in [0.15, 0.2) is 0 Å². The van der Waals surface area contributed by atoms with E-state index in [0.29, 0.717) is 37.3 Å². The molecular formula is C27H35N7O5S. The van der Waals surface area contributed by atoms with Gasteiger partial charge in [0.25, 0.3) is 0 Å². The minimum absolute atomic E-state index is 0.0939. The number of hydrogen-bond acceptors (Lipinski definition) is 7. The summed E-state index contributed by atoms with van der Waals surface area (Å²) in [6.07, 6.45) is 8.34. The molecule has 0 spiro atoms. The summed E-state index contributed by atoms with van der Waals surface area (Å²) >= 11 is 1.52. The molecule has 0 radical (unpaired) electrons. The van der Waals surface area contributed by atoms with Crippen molar-refractivity contribution in [1.82, 2.24) is 30.5 Å². The number of carboxylic acids is 1. The standard InChI is InChI=1S/C27H35N7O5S/c1-40-10-8-21(32-24(35)19(28)11-16-13-30-20-6-3-2-5-18(16)20)25(36)33-22(12-17-14-29-15-31-17)26(37)34-9-4-7-23(34)27(38)39/h2-3,5-6,13-15,19,21-23,30H,4,7-12,28H2,1H3,(H,29,31)(H,32,35)(H,33,36)(H,38,39). The fraction of sp³-hybridized carbons (Fsp3) is 0.444. The Hall–Kier alpha value is -3.84. The van der Waals surface area contributed by atoms with E-state index in [1.165, 1.54) is 23.0 Å². The second-order valence-corrected chi connectivity index (χ2v) is 10.9. The van der Waals surface area contributed by atoms with E-state index in [9.17, 15) is 24.3 Å². The van der Waals surface area contributed by atoms with E-state index in [-0.39, 0.29) is 12.8 Å². The van der Waals surface area contributed by atoms with Crippen LogP contribution in [0.25, 0.3) is 10.9 Å². The van der Waals surface area contributed by atoms with Crippen LogP contribution >= 0.6 is 11.8 Å². The number of aromatic nitrogens is 3. The number of carbonyl (C=O) groups is 4. The van der Waals surface area contributed by atoms with Crippen LogP contribution in [0, 0.1) is 0 Å². The van der Waals surface area contributed by atoms with Crippen LogP contribution in [0.3, 0.4) is 0 Å². The molecule has 0 saturated carbocycles. The number of para-hydroxylation sites is 1. The molecule has 4 rings (SSSR count). The van der Waals surface area contributed by atoms with Crippen molar-refractivity contribution in [3.8, 4) is 0 Å². The van der Waals surface area contributed by atoms with Gasteiger partial charge in [0.05, 0.1) is 12.4 Å². The number of nitrogens with one attached hydrogen (secondary N) is 4. The number of carbonyl (C=O) groups excluding carboxylic acids is 3. The van der Waals surface area contributed by atoms with Gasteiger partial charge in [0, 0.05) is 42.0 Å². The van der Waals surface area contributed by atoms with Crippen molar-refractivity contribution in [1.29, 1.82) is 0 Å².